The maximum atomic E-state index is 5.22. The minimum absolute atomic E-state index is 0.157. The highest BCUT2D eigenvalue weighted by atomic mass is 16.3. The van der Waals surface area contributed by atoms with Crippen LogP contribution in [0.2, 0.25) is 0 Å². The fourth-order valence-corrected chi connectivity index (χ4v) is 0.867. The van der Waals surface area contributed by atoms with Crippen LogP contribution in [0.4, 0.5) is 0 Å². The molecule has 0 saturated carbocycles. The lowest BCUT2D eigenvalue weighted by molar-refractivity contribution is 0.508. The summed E-state index contributed by atoms with van der Waals surface area (Å²) in [5, 5.41) is 0.958. The topological polar surface area (TPSA) is 13.1 Å². The molecule has 0 bridgehead atoms. The van der Waals surface area contributed by atoms with E-state index in [9.17, 15) is 0 Å². The minimum Gasteiger partial charge on any atom is -0.465 e. The zero-order chi connectivity index (χ0) is 8.48. The summed E-state index contributed by atoms with van der Waals surface area (Å²) in [6.07, 6.45) is 3.75. The Labute approximate surface area is 67.0 Å². The third-order valence-electron chi connectivity index (χ3n) is 1.34. The van der Waals surface area contributed by atoms with Gasteiger partial charge in [0.1, 0.15) is 5.42 Å². The normalized spacial score (nSPS) is 13.9. The smallest absolute Gasteiger partial charge is 0.129 e. The van der Waals surface area contributed by atoms with Crippen LogP contribution in [-0.4, -0.2) is 0 Å². The van der Waals surface area contributed by atoms with Gasteiger partial charge in [0.05, 0.1) is 6.26 Å². The van der Waals surface area contributed by atoms with E-state index in [2.05, 4.69) is 33.4 Å². The van der Waals surface area contributed by atoms with Crippen LogP contribution in [0.3, 0.4) is 0 Å². The van der Waals surface area contributed by atoms with E-state index in [1.807, 2.05) is 6.07 Å². The minimum atomic E-state index is 0.157. The van der Waals surface area contributed by atoms with Crippen molar-refractivity contribution in [2.24, 2.45) is 5.41 Å². The highest BCUT2D eigenvalue weighted by Gasteiger charge is 2.05. The van der Waals surface area contributed by atoms with Crippen molar-refractivity contribution in [2.45, 2.75) is 20.8 Å². The van der Waals surface area contributed by atoms with Crippen molar-refractivity contribution in [1.82, 2.24) is 0 Å². The van der Waals surface area contributed by atoms with Crippen LogP contribution in [0.1, 0.15) is 20.8 Å². The van der Waals surface area contributed by atoms with Crippen LogP contribution < -0.4 is 10.6 Å². The van der Waals surface area contributed by atoms with Crippen LogP contribution in [0.25, 0.3) is 12.7 Å². The van der Waals surface area contributed by atoms with E-state index in [0.29, 0.717) is 0 Å². The summed E-state index contributed by atoms with van der Waals surface area (Å²) in [7, 11) is 0. The highest BCUT2D eigenvalue weighted by molar-refractivity contribution is 5.26. The number of furan rings is 1. The van der Waals surface area contributed by atoms with Crippen LogP contribution in [0.15, 0.2) is 16.7 Å². The quantitative estimate of drug-likeness (QED) is 0.546. The van der Waals surface area contributed by atoms with E-state index >= 15 is 0 Å². The molecule has 0 saturated heterocycles. The van der Waals surface area contributed by atoms with Gasteiger partial charge >= 0.3 is 0 Å². The lowest BCUT2D eigenvalue weighted by atomic mass is 9.96. The van der Waals surface area contributed by atoms with E-state index in [0.717, 1.165) is 10.6 Å². The predicted molar refractivity (Wildman–Crippen MR) is 47.4 cm³/mol. The molecular formula is C10H14O. The Kier molecular flexibility index (Phi) is 1.90. The van der Waals surface area contributed by atoms with Crippen molar-refractivity contribution in [2.75, 3.05) is 0 Å². The standard InChI is InChI=1S/C10H14O/c1-8-5-6-11-9(8)7-10(2,3)4/h5-7H,1H2,2-4H3/b9-7-. The molecule has 0 N–H and O–H groups in total. The molecule has 0 aromatic carbocycles. The third kappa shape index (κ3) is 2.26. The Hall–Kier alpha value is -0.980. The van der Waals surface area contributed by atoms with Gasteiger partial charge in [-0.3, -0.25) is 0 Å². The van der Waals surface area contributed by atoms with Crippen molar-refractivity contribution >= 4 is 12.7 Å². The maximum Gasteiger partial charge on any atom is 0.129 e. The molecule has 0 fully saturated rings. The van der Waals surface area contributed by atoms with Crippen LogP contribution in [-0.2, 0) is 0 Å². The van der Waals surface area contributed by atoms with E-state index in [4.69, 9.17) is 4.42 Å². The van der Waals surface area contributed by atoms with Gasteiger partial charge in [-0.1, -0.05) is 27.4 Å². The molecule has 1 rings (SSSR count). The molecule has 0 aliphatic carbocycles. The molecule has 0 aliphatic heterocycles. The zero-order valence-corrected chi connectivity index (χ0v) is 7.35. The van der Waals surface area contributed by atoms with E-state index in [1.54, 1.807) is 6.26 Å². The molecular weight excluding hydrogens is 136 g/mol. The van der Waals surface area contributed by atoms with Crippen LogP contribution in [0.5, 0.6) is 0 Å². The Morgan fingerprint density at radius 2 is 2.09 bits per heavy atom. The average molecular weight is 150 g/mol. The van der Waals surface area contributed by atoms with Gasteiger partial charge in [0.15, 0.2) is 0 Å². The Bertz CT molecular complexity index is 324. The fraction of sp³-hybridized carbons (Fsp3) is 0.400. The van der Waals surface area contributed by atoms with E-state index < -0.39 is 0 Å². The molecule has 0 spiro atoms. The van der Waals surface area contributed by atoms with Crippen molar-refractivity contribution in [3.8, 4) is 0 Å². The van der Waals surface area contributed by atoms with Crippen molar-refractivity contribution in [3.63, 3.8) is 0 Å². The van der Waals surface area contributed by atoms with E-state index in [-0.39, 0.29) is 5.41 Å². The summed E-state index contributed by atoms with van der Waals surface area (Å²) in [5.74, 6) is 0. The van der Waals surface area contributed by atoms with Gasteiger partial charge in [0.25, 0.3) is 0 Å². The van der Waals surface area contributed by atoms with E-state index in [1.165, 1.54) is 0 Å². The summed E-state index contributed by atoms with van der Waals surface area (Å²) in [6, 6.07) is 1.87. The summed E-state index contributed by atoms with van der Waals surface area (Å²) in [6.45, 7) is 10.2. The van der Waals surface area contributed by atoms with Crippen molar-refractivity contribution in [3.05, 3.63) is 23.0 Å². The van der Waals surface area contributed by atoms with Crippen LogP contribution in [0, 0.1) is 5.41 Å². The summed E-state index contributed by atoms with van der Waals surface area (Å²) in [5.41, 5.74) is 1.04. The second kappa shape index (κ2) is 2.57. The van der Waals surface area contributed by atoms with Crippen molar-refractivity contribution < 1.29 is 4.42 Å². The van der Waals surface area contributed by atoms with Gasteiger partial charge in [0, 0.05) is 5.22 Å². The molecule has 0 atom stereocenters. The molecule has 0 unspecified atom stereocenters. The fourth-order valence-electron chi connectivity index (χ4n) is 0.867. The molecule has 1 aromatic rings. The Morgan fingerprint density at radius 1 is 1.45 bits per heavy atom. The molecule has 0 radical (unpaired) electrons. The number of rotatable bonds is 0. The second-order valence-electron chi connectivity index (χ2n) is 3.82. The first-order valence-electron chi connectivity index (χ1n) is 3.74. The molecule has 11 heavy (non-hydrogen) atoms. The zero-order valence-electron chi connectivity index (χ0n) is 7.35. The number of hydrogen-bond acceptors (Lipinski definition) is 1. The lowest BCUT2D eigenvalue weighted by Crippen LogP contribution is -2.20. The molecule has 60 valence electrons. The molecule has 1 heterocycles. The first kappa shape index (κ1) is 8.12. The predicted octanol–water partition coefficient (Wildman–Crippen LogP) is 1.52. The highest BCUT2D eigenvalue weighted by Crippen LogP contribution is 2.13. The summed E-state index contributed by atoms with van der Waals surface area (Å²) >= 11 is 0. The van der Waals surface area contributed by atoms with Gasteiger partial charge < -0.3 is 4.42 Å². The van der Waals surface area contributed by atoms with Gasteiger partial charge in [-0.25, -0.2) is 0 Å². The first-order chi connectivity index (χ1) is 4.99. The molecule has 1 nitrogen and oxygen atoms in total. The number of hydrogen-bond donors (Lipinski definition) is 0. The van der Waals surface area contributed by atoms with Gasteiger partial charge in [-0.05, 0) is 17.6 Å². The second-order valence-corrected chi connectivity index (χ2v) is 3.82. The average Bonchev–Trinajstić information content (AvgIpc) is 2.12. The largest absolute Gasteiger partial charge is 0.465 e. The summed E-state index contributed by atoms with van der Waals surface area (Å²) in [4.78, 5) is 0. The SMILES string of the molecule is C=c1cco/c1=C\C(C)(C)C. The van der Waals surface area contributed by atoms with Gasteiger partial charge in [-0.2, -0.15) is 0 Å². The molecule has 0 aliphatic rings. The van der Waals surface area contributed by atoms with Crippen LogP contribution >= 0.6 is 0 Å². The first-order valence-corrected chi connectivity index (χ1v) is 3.74. The lowest BCUT2D eigenvalue weighted by Gasteiger charge is -2.09. The monoisotopic (exact) mass is 150 g/mol. The van der Waals surface area contributed by atoms with Crippen molar-refractivity contribution in [1.29, 1.82) is 0 Å². The third-order valence-corrected chi connectivity index (χ3v) is 1.34. The Morgan fingerprint density at radius 3 is 2.45 bits per heavy atom. The molecule has 1 heteroatoms. The van der Waals surface area contributed by atoms with Gasteiger partial charge in [-0.15, -0.1) is 0 Å². The Balaban J connectivity index is 3.21. The maximum absolute atomic E-state index is 5.22. The molecule has 1 aromatic heterocycles. The van der Waals surface area contributed by atoms with Gasteiger partial charge in [0.2, 0.25) is 0 Å². The summed E-state index contributed by atoms with van der Waals surface area (Å²) < 4.78 is 5.22. The molecule has 0 amide bonds.